The fourth-order valence-electron chi connectivity index (χ4n) is 1.94. The summed E-state index contributed by atoms with van der Waals surface area (Å²) in [6.45, 7) is 0. The molecule has 0 aliphatic heterocycles. The van der Waals surface area contributed by atoms with E-state index >= 15 is 0 Å². The summed E-state index contributed by atoms with van der Waals surface area (Å²) in [5, 5.41) is 10.7. The Morgan fingerprint density at radius 2 is 1.84 bits per heavy atom. The zero-order valence-electron chi connectivity index (χ0n) is 10.2. The SMILES string of the molecule is Oc1ccccc1C=Nc1cccc2ncccc12. The summed E-state index contributed by atoms with van der Waals surface area (Å²) >= 11 is 0. The largest absolute Gasteiger partial charge is 0.507 e. The molecule has 0 aliphatic rings. The monoisotopic (exact) mass is 248 g/mol. The van der Waals surface area contributed by atoms with Crippen LogP contribution in [-0.2, 0) is 0 Å². The molecule has 0 saturated carbocycles. The highest BCUT2D eigenvalue weighted by molar-refractivity contribution is 5.93. The standard InChI is InChI=1S/C16H12N2O/c19-16-9-2-1-5-12(16)11-18-15-8-3-7-14-13(15)6-4-10-17-14/h1-11,19H. The second kappa shape index (κ2) is 4.90. The zero-order valence-corrected chi connectivity index (χ0v) is 10.2. The van der Waals surface area contributed by atoms with Crippen molar-refractivity contribution in [3.63, 3.8) is 0 Å². The molecule has 0 unspecified atom stereocenters. The summed E-state index contributed by atoms with van der Waals surface area (Å²) < 4.78 is 0. The van der Waals surface area contributed by atoms with Crippen LogP contribution in [0.15, 0.2) is 65.8 Å². The number of hydrogen-bond donors (Lipinski definition) is 1. The number of fused-ring (bicyclic) bond motifs is 1. The van der Waals surface area contributed by atoms with Crippen LogP contribution in [-0.4, -0.2) is 16.3 Å². The van der Waals surface area contributed by atoms with Crippen molar-refractivity contribution in [2.45, 2.75) is 0 Å². The van der Waals surface area contributed by atoms with Crippen molar-refractivity contribution >= 4 is 22.8 Å². The van der Waals surface area contributed by atoms with E-state index in [1.54, 1.807) is 24.5 Å². The smallest absolute Gasteiger partial charge is 0.124 e. The minimum absolute atomic E-state index is 0.226. The molecule has 1 heterocycles. The predicted molar refractivity (Wildman–Crippen MR) is 77.1 cm³/mol. The molecule has 3 aromatic rings. The van der Waals surface area contributed by atoms with E-state index in [2.05, 4.69) is 9.98 Å². The van der Waals surface area contributed by atoms with Gasteiger partial charge in [-0.15, -0.1) is 0 Å². The number of rotatable bonds is 2. The first-order chi connectivity index (χ1) is 9.34. The molecule has 2 aromatic carbocycles. The van der Waals surface area contributed by atoms with Gasteiger partial charge in [0, 0.05) is 23.4 Å². The quantitative estimate of drug-likeness (QED) is 0.703. The van der Waals surface area contributed by atoms with Gasteiger partial charge >= 0.3 is 0 Å². The van der Waals surface area contributed by atoms with Crippen LogP contribution in [0, 0.1) is 0 Å². The lowest BCUT2D eigenvalue weighted by atomic mass is 10.2. The van der Waals surface area contributed by atoms with Crippen molar-refractivity contribution in [2.75, 3.05) is 0 Å². The molecule has 0 saturated heterocycles. The first-order valence-corrected chi connectivity index (χ1v) is 6.00. The second-order valence-corrected chi connectivity index (χ2v) is 4.16. The third kappa shape index (κ3) is 2.31. The van der Waals surface area contributed by atoms with E-state index in [1.165, 1.54) is 0 Å². The molecule has 92 valence electrons. The lowest BCUT2D eigenvalue weighted by molar-refractivity contribution is 0.474. The molecule has 1 aromatic heterocycles. The minimum atomic E-state index is 0.226. The third-order valence-corrected chi connectivity index (χ3v) is 2.90. The summed E-state index contributed by atoms with van der Waals surface area (Å²) in [7, 11) is 0. The molecular formula is C16H12N2O. The van der Waals surface area contributed by atoms with Crippen LogP contribution in [0.2, 0.25) is 0 Å². The third-order valence-electron chi connectivity index (χ3n) is 2.90. The fraction of sp³-hybridized carbons (Fsp3) is 0. The molecule has 0 amide bonds. The molecule has 0 aliphatic carbocycles. The highest BCUT2D eigenvalue weighted by Crippen LogP contribution is 2.24. The van der Waals surface area contributed by atoms with Gasteiger partial charge in [0.2, 0.25) is 0 Å². The van der Waals surface area contributed by atoms with Crippen molar-refractivity contribution in [3.8, 4) is 5.75 Å². The maximum Gasteiger partial charge on any atom is 0.124 e. The van der Waals surface area contributed by atoms with Crippen LogP contribution in [0.5, 0.6) is 5.75 Å². The summed E-state index contributed by atoms with van der Waals surface area (Å²) in [6.07, 6.45) is 3.43. The molecule has 3 nitrogen and oxygen atoms in total. The Morgan fingerprint density at radius 1 is 0.947 bits per heavy atom. The van der Waals surface area contributed by atoms with Crippen molar-refractivity contribution in [3.05, 3.63) is 66.4 Å². The number of aromatic nitrogens is 1. The topological polar surface area (TPSA) is 45.5 Å². The molecule has 1 N–H and O–H groups in total. The summed E-state index contributed by atoms with van der Waals surface area (Å²) in [6, 6.07) is 16.8. The molecule has 0 atom stereocenters. The summed E-state index contributed by atoms with van der Waals surface area (Å²) in [5.41, 5.74) is 2.45. The van der Waals surface area contributed by atoms with Gasteiger partial charge in [-0.05, 0) is 36.4 Å². The Labute approximate surface area is 110 Å². The van der Waals surface area contributed by atoms with Crippen molar-refractivity contribution in [1.29, 1.82) is 0 Å². The maximum atomic E-state index is 9.70. The van der Waals surface area contributed by atoms with Crippen molar-refractivity contribution in [2.24, 2.45) is 4.99 Å². The van der Waals surface area contributed by atoms with Gasteiger partial charge < -0.3 is 5.11 Å². The number of phenols is 1. The van der Waals surface area contributed by atoms with Crippen LogP contribution in [0.1, 0.15) is 5.56 Å². The zero-order chi connectivity index (χ0) is 13.1. The highest BCUT2D eigenvalue weighted by Gasteiger charge is 1.99. The summed E-state index contributed by atoms with van der Waals surface area (Å²) in [4.78, 5) is 8.73. The normalized spacial score (nSPS) is 11.2. The molecule has 0 bridgehead atoms. The van der Waals surface area contributed by atoms with Crippen molar-refractivity contribution in [1.82, 2.24) is 4.98 Å². The highest BCUT2D eigenvalue weighted by atomic mass is 16.3. The van der Waals surface area contributed by atoms with Gasteiger partial charge in [-0.3, -0.25) is 9.98 Å². The number of phenolic OH excluding ortho intramolecular Hbond substituents is 1. The van der Waals surface area contributed by atoms with E-state index in [0.717, 1.165) is 16.6 Å². The van der Waals surface area contributed by atoms with Crippen LogP contribution < -0.4 is 0 Å². The number of aromatic hydroxyl groups is 1. The number of para-hydroxylation sites is 1. The van der Waals surface area contributed by atoms with E-state index in [4.69, 9.17) is 0 Å². The number of pyridine rings is 1. The fourth-order valence-corrected chi connectivity index (χ4v) is 1.94. The number of benzene rings is 2. The molecule has 19 heavy (non-hydrogen) atoms. The maximum absolute atomic E-state index is 9.70. The van der Waals surface area contributed by atoms with E-state index in [9.17, 15) is 5.11 Å². The first-order valence-electron chi connectivity index (χ1n) is 6.00. The molecule has 0 radical (unpaired) electrons. The Morgan fingerprint density at radius 3 is 2.74 bits per heavy atom. The van der Waals surface area contributed by atoms with Gasteiger partial charge in [0.1, 0.15) is 5.75 Å². The first kappa shape index (κ1) is 11.4. The van der Waals surface area contributed by atoms with Crippen molar-refractivity contribution < 1.29 is 5.11 Å². The molecule has 3 rings (SSSR count). The Kier molecular flexibility index (Phi) is 2.94. The number of hydrogen-bond acceptors (Lipinski definition) is 3. The van der Waals surface area contributed by atoms with Gasteiger partial charge in [0.25, 0.3) is 0 Å². The van der Waals surface area contributed by atoms with Gasteiger partial charge in [-0.2, -0.15) is 0 Å². The number of nitrogens with zero attached hydrogens (tertiary/aromatic N) is 2. The molecule has 0 spiro atoms. The van der Waals surface area contributed by atoms with Crippen LogP contribution in [0.25, 0.3) is 10.9 Å². The van der Waals surface area contributed by atoms with E-state index < -0.39 is 0 Å². The second-order valence-electron chi connectivity index (χ2n) is 4.16. The predicted octanol–water partition coefficient (Wildman–Crippen LogP) is 3.69. The minimum Gasteiger partial charge on any atom is -0.507 e. The van der Waals surface area contributed by atoms with Crippen LogP contribution in [0.3, 0.4) is 0 Å². The van der Waals surface area contributed by atoms with Gasteiger partial charge in [-0.1, -0.05) is 18.2 Å². The van der Waals surface area contributed by atoms with Crippen LogP contribution in [0.4, 0.5) is 5.69 Å². The molecule has 0 fully saturated rings. The molecular weight excluding hydrogens is 236 g/mol. The van der Waals surface area contributed by atoms with E-state index in [1.807, 2.05) is 42.5 Å². The lowest BCUT2D eigenvalue weighted by Gasteiger charge is -2.01. The van der Waals surface area contributed by atoms with Gasteiger partial charge in [0.15, 0.2) is 0 Å². The Balaban J connectivity index is 2.04. The van der Waals surface area contributed by atoms with Gasteiger partial charge in [0.05, 0.1) is 11.2 Å². The van der Waals surface area contributed by atoms with Gasteiger partial charge in [-0.25, -0.2) is 0 Å². The van der Waals surface area contributed by atoms with E-state index in [0.29, 0.717) is 5.56 Å². The van der Waals surface area contributed by atoms with E-state index in [-0.39, 0.29) is 5.75 Å². The summed E-state index contributed by atoms with van der Waals surface area (Å²) in [5.74, 6) is 0.226. The molecule has 3 heteroatoms. The average Bonchev–Trinajstić information content (AvgIpc) is 2.46. The Hall–Kier alpha value is -2.68. The number of aliphatic imine (C=N–C) groups is 1. The average molecular weight is 248 g/mol. The van der Waals surface area contributed by atoms with Crippen LogP contribution >= 0.6 is 0 Å². The Bertz CT molecular complexity index is 745. The lowest BCUT2D eigenvalue weighted by Crippen LogP contribution is -1.82.